The van der Waals surface area contributed by atoms with E-state index in [1.807, 2.05) is 6.92 Å². The lowest BCUT2D eigenvalue weighted by Gasteiger charge is -2.35. The molecule has 2 nitrogen and oxygen atoms in total. The predicted molar refractivity (Wildman–Crippen MR) is 74.2 cm³/mol. The predicted octanol–water partition coefficient (Wildman–Crippen LogP) is 3.64. The van der Waals surface area contributed by atoms with Gasteiger partial charge in [-0.3, -0.25) is 0 Å². The molecule has 0 aromatic heterocycles. The summed E-state index contributed by atoms with van der Waals surface area (Å²) in [5.74, 6) is -2.58. The first-order valence-corrected chi connectivity index (χ1v) is 7.14. The second kappa shape index (κ2) is 6.48. The number of hydrogen-bond donors (Lipinski definition) is 1. The second-order valence-electron chi connectivity index (χ2n) is 5.48. The molecular formula is C15H21F3N2. The van der Waals surface area contributed by atoms with Crippen LogP contribution in [0.3, 0.4) is 0 Å². The minimum atomic E-state index is -1.15. The maximum atomic E-state index is 13.6. The number of nitrogens with zero attached hydrogens (tertiary/aromatic N) is 1. The molecule has 1 fully saturated rings. The van der Waals surface area contributed by atoms with Crippen molar-refractivity contribution < 1.29 is 13.2 Å². The van der Waals surface area contributed by atoms with Gasteiger partial charge in [0.25, 0.3) is 0 Å². The minimum absolute atomic E-state index is 0.0277. The van der Waals surface area contributed by atoms with Gasteiger partial charge < -0.3 is 10.2 Å². The van der Waals surface area contributed by atoms with Crippen LogP contribution in [0.4, 0.5) is 18.9 Å². The number of hydrogen-bond acceptors (Lipinski definition) is 2. The molecule has 20 heavy (non-hydrogen) atoms. The van der Waals surface area contributed by atoms with Crippen LogP contribution in [-0.2, 0) is 0 Å². The van der Waals surface area contributed by atoms with Crippen LogP contribution >= 0.6 is 0 Å². The van der Waals surface area contributed by atoms with E-state index in [0.717, 1.165) is 38.5 Å². The molecule has 1 aromatic rings. The van der Waals surface area contributed by atoms with Crippen molar-refractivity contribution >= 4 is 5.69 Å². The van der Waals surface area contributed by atoms with E-state index in [0.29, 0.717) is 12.0 Å². The smallest absolute Gasteiger partial charge is 0.182 e. The molecule has 0 amide bonds. The molecule has 1 aliphatic heterocycles. The molecular weight excluding hydrogens is 265 g/mol. The number of benzene rings is 1. The van der Waals surface area contributed by atoms with Crippen molar-refractivity contribution in [2.45, 2.75) is 32.7 Å². The Labute approximate surface area is 118 Å². The third-order valence-electron chi connectivity index (χ3n) is 4.07. The summed E-state index contributed by atoms with van der Waals surface area (Å²) in [6.45, 7) is 7.06. The average Bonchev–Trinajstić information content (AvgIpc) is 2.44. The molecule has 0 aliphatic carbocycles. The van der Waals surface area contributed by atoms with E-state index in [1.54, 1.807) is 0 Å². The van der Waals surface area contributed by atoms with Crippen LogP contribution in [0.5, 0.6) is 0 Å². The second-order valence-corrected chi connectivity index (χ2v) is 5.48. The molecule has 5 heteroatoms. The zero-order valence-electron chi connectivity index (χ0n) is 11.9. The Balaban J connectivity index is 2.06. The monoisotopic (exact) mass is 286 g/mol. The van der Waals surface area contributed by atoms with E-state index in [2.05, 4.69) is 17.1 Å². The number of anilines is 1. The first-order chi connectivity index (χ1) is 9.51. The molecule has 2 atom stereocenters. The maximum Gasteiger partial charge on any atom is 0.182 e. The number of piperidine rings is 1. The average molecular weight is 286 g/mol. The summed E-state index contributed by atoms with van der Waals surface area (Å²) in [6, 6.07) is 1.54. The Hall–Kier alpha value is -1.23. The van der Waals surface area contributed by atoms with Gasteiger partial charge in [-0.25, -0.2) is 13.2 Å². The molecule has 0 radical (unpaired) electrons. The fourth-order valence-corrected chi connectivity index (χ4v) is 2.81. The lowest BCUT2D eigenvalue weighted by atomic mass is 9.91. The van der Waals surface area contributed by atoms with Crippen LogP contribution in [0.1, 0.15) is 26.7 Å². The third kappa shape index (κ3) is 3.45. The van der Waals surface area contributed by atoms with Gasteiger partial charge in [-0.2, -0.15) is 0 Å². The zero-order valence-corrected chi connectivity index (χ0v) is 11.9. The van der Waals surface area contributed by atoms with Gasteiger partial charge >= 0.3 is 0 Å². The van der Waals surface area contributed by atoms with Crippen molar-refractivity contribution in [1.82, 2.24) is 4.90 Å². The van der Waals surface area contributed by atoms with E-state index in [-0.39, 0.29) is 11.7 Å². The minimum Gasteiger partial charge on any atom is -0.380 e. The largest absolute Gasteiger partial charge is 0.380 e. The highest BCUT2D eigenvalue weighted by molar-refractivity contribution is 5.46. The normalized spacial score (nSPS) is 21.8. The molecule has 0 bridgehead atoms. The van der Waals surface area contributed by atoms with Crippen molar-refractivity contribution in [3.8, 4) is 0 Å². The standard InChI is InChI=1S/C15H21F3N2/c1-3-20-6-4-5-11(9-20)10(2)19-14-8-12(16)7-13(17)15(14)18/h7-8,10-11,19H,3-6,9H2,1-2H3. The summed E-state index contributed by atoms with van der Waals surface area (Å²) in [5.41, 5.74) is -0.0939. The fourth-order valence-electron chi connectivity index (χ4n) is 2.81. The Morgan fingerprint density at radius 3 is 2.80 bits per heavy atom. The Morgan fingerprint density at radius 2 is 2.10 bits per heavy atom. The molecule has 0 saturated carbocycles. The Kier molecular flexibility index (Phi) is 4.91. The van der Waals surface area contributed by atoms with Gasteiger partial charge in [-0.05, 0) is 38.8 Å². The molecule has 1 N–H and O–H groups in total. The van der Waals surface area contributed by atoms with Gasteiger partial charge in [0, 0.05) is 24.7 Å². The topological polar surface area (TPSA) is 15.3 Å². The van der Waals surface area contributed by atoms with Crippen LogP contribution in [0.25, 0.3) is 0 Å². The molecule has 112 valence electrons. The highest BCUT2D eigenvalue weighted by atomic mass is 19.2. The quantitative estimate of drug-likeness (QED) is 0.850. The number of likely N-dealkylation sites (tertiary alicyclic amines) is 1. The van der Waals surface area contributed by atoms with E-state index in [9.17, 15) is 13.2 Å². The van der Waals surface area contributed by atoms with Crippen molar-refractivity contribution in [1.29, 1.82) is 0 Å². The van der Waals surface area contributed by atoms with Gasteiger partial charge in [-0.15, -0.1) is 0 Å². The molecule has 0 spiro atoms. The van der Waals surface area contributed by atoms with E-state index < -0.39 is 17.5 Å². The van der Waals surface area contributed by atoms with Gasteiger partial charge in [0.2, 0.25) is 0 Å². The van der Waals surface area contributed by atoms with Crippen LogP contribution in [0, 0.1) is 23.4 Å². The summed E-state index contributed by atoms with van der Waals surface area (Å²) in [5, 5.41) is 2.92. The molecule has 1 saturated heterocycles. The summed E-state index contributed by atoms with van der Waals surface area (Å²) < 4.78 is 40.0. The molecule has 2 rings (SSSR count). The van der Waals surface area contributed by atoms with Crippen molar-refractivity contribution in [2.75, 3.05) is 25.0 Å². The Morgan fingerprint density at radius 1 is 1.35 bits per heavy atom. The third-order valence-corrected chi connectivity index (χ3v) is 4.07. The van der Waals surface area contributed by atoms with Crippen molar-refractivity contribution in [2.24, 2.45) is 5.92 Å². The van der Waals surface area contributed by atoms with Gasteiger partial charge in [0.15, 0.2) is 11.6 Å². The maximum absolute atomic E-state index is 13.6. The highest BCUT2D eigenvalue weighted by Gasteiger charge is 2.25. The summed E-state index contributed by atoms with van der Waals surface area (Å²) in [7, 11) is 0. The van der Waals surface area contributed by atoms with Crippen LogP contribution < -0.4 is 5.32 Å². The number of nitrogens with one attached hydrogen (secondary N) is 1. The first kappa shape index (κ1) is 15.2. The van der Waals surface area contributed by atoms with Crippen molar-refractivity contribution in [3.05, 3.63) is 29.6 Å². The molecule has 2 unspecified atom stereocenters. The fraction of sp³-hybridized carbons (Fsp3) is 0.600. The Bertz CT molecular complexity index is 465. The SMILES string of the molecule is CCN1CCCC(C(C)Nc2cc(F)cc(F)c2F)C1. The summed E-state index contributed by atoms with van der Waals surface area (Å²) >= 11 is 0. The van der Waals surface area contributed by atoms with Crippen molar-refractivity contribution in [3.63, 3.8) is 0 Å². The van der Waals surface area contributed by atoms with Crippen LogP contribution in [0.15, 0.2) is 12.1 Å². The molecule has 1 aromatic carbocycles. The lowest BCUT2D eigenvalue weighted by Crippen LogP contribution is -2.41. The summed E-state index contributed by atoms with van der Waals surface area (Å²) in [4.78, 5) is 2.34. The van der Waals surface area contributed by atoms with Gasteiger partial charge in [-0.1, -0.05) is 6.92 Å². The molecule has 1 heterocycles. The van der Waals surface area contributed by atoms with E-state index >= 15 is 0 Å². The number of rotatable bonds is 4. The first-order valence-electron chi connectivity index (χ1n) is 7.14. The van der Waals surface area contributed by atoms with Gasteiger partial charge in [0.05, 0.1) is 5.69 Å². The zero-order chi connectivity index (χ0) is 14.7. The van der Waals surface area contributed by atoms with E-state index in [1.165, 1.54) is 0 Å². The molecule has 1 aliphatic rings. The summed E-state index contributed by atoms with van der Waals surface area (Å²) in [6.07, 6.45) is 2.15. The number of halogens is 3. The van der Waals surface area contributed by atoms with Gasteiger partial charge in [0.1, 0.15) is 5.82 Å². The highest BCUT2D eigenvalue weighted by Crippen LogP contribution is 2.25. The van der Waals surface area contributed by atoms with E-state index in [4.69, 9.17) is 0 Å². The van der Waals surface area contributed by atoms with Crippen LogP contribution in [0.2, 0.25) is 0 Å². The lowest BCUT2D eigenvalue weighted by molar-refractivity contribution is 0.172. The van der Waals surface area contributed by atoms with Crippen LogP contribution in [-0.4, -0.2) is 30.6 Å².